The molecule has 0 saturated carbocycles. The van der Waals surface area contributed by atoms with Gasteiger partial charge >= 0.3 is 0 Å². The summed E-state index contributed by atoms with van der Waals surface area (Å²) in [5, 5.41) is 4.27. The van der Waals surface area contributed by atoms with Crippen molar-refractivity contribution in [2.24, 2.45) is 5.41 Å². The van der Waals surface area contributed by atoms with E-state index >= 15 is 0 Å². The number of likely N-dealkylation sites (tertiary alicyclic amines) is 1. The second kappa shape index (κ2) is 8.52. The summed E-state index contributed by atoms with van der Waals surface area (Å²) >= 11 is 0. The minimum atomic E-state index is -0.279. The van der Waals surface area contributed by atoms with E-state index in [4.69, 9.17) is 9.97 Å². The third kappa shape index (κ3) is 3.79. The zero-order chi connectivity index (χ0) is 23.0. The molecule has 34 heavy (non-hydrogen) atoms. The minimum Gasteiger partial charge on any atom is -0.355 e. The van der Waals surface area contributed by atoms with Crippen LogP contribution < -0.4 is 4.90 Å². The van der Waals surface area contributed by atoms with E-state index in [-0.39, 0.29) is 11.3 Å². The summed E-state index contributed by atoms with van der Waals surface area (Å²) in [7, 11) is 0. The maximum absolute atomic E-state index is 13.7. The van der Waals surface area contributed by atoms with Gasteiger partial charge in [0, 0.05) is 32.0 Å². The topological polar surface area (TPSA) is 80.0 Å². The van der Waals surface area contributed by atoms with Crippen molar-refractivity contribution < 1.29 is 4.79 Å². The first-order valence-electron chi connectivity index (χ1n) is 11.9. The number of carbonyl (C=O) groups excluding carboxylic acids is 1. The highest BCUT2D eigenvalue weighted by molar-refractivity contribution is 5.84. The van der Waals surface area contributed by atoms with Crippen LogP contribution >= 0.6 is 0 Å². The molecule has 5 heterocycles. The normalized spacial score (nSPS) is 18.1. The molecule has 8 nitrogen and oxygen atoms in total. The average Bonchev–Trinajstić information content (AvgIpc) is 3.43. The molecular formula is C26H27N7O. The lowest BCUT2D eigenvalue weighted by Gasteiger charge is -2.46. The number of anilines is 1. The lowest BCUT2D eigenvalue weighted by atomic mass is 9.71. The fourth-order valence-electron chi connectivity index (χ4n) is 5.31. The third-order valence-corrected chi connectivity index (χ3v) is 7.19. The van der Waals surface area contributed by atoms with Crippen LogP contribution in [0.4, 0.5) is 5.82 Å². The number of nitrogens with zero attached hydrogens (tertiary/aromatic N) is 7. The number of para-hydroxylation sites is 2. The fourth-order valence-corrected chi connectivity index (χ4v) is 5.31. The Kier molecular flexibility index (Phi) is 5.20. The Hall–Kier alpha value is -3.81. The van der Waals surface area contributed by atoms with Gasteiger partial charge in [-0.05, 0) is 56.0 Å². The Morgan fingerprint density at radius 1 is 0.853 bits per heavy atom. The molecule has 2 aliphatic heterocycles. The van der Waals surface area contributed by atoms with Crippen molar-refractivity contribution in [3.63, 3.8) is 0 Å². The van der Waals surface area contributed by atoms with E-state index in [0.717, 1.165) is 73.7 Å². The molecule has 1 amide bonds. The van der Waals surface area contributed by atoms with Crippen molar-refractivity contribution >= 4 is 22.8 Å². The van der Waals surface area contributed by atoms with Crippen molar-refractivity contribution in [1.29, 1.82) is 0 Å². The van der Waals surface area contributed by atoms with Gasteiger partial charge in [0.15, 0.2) is 5.82 Å². The van der Waals surface area contributed by atoms with E-state index in [2.05, 4.69) is 15.0 Å². The van der Waals surface area contributed by atoms with E-state index in [1.54, 1.807) is 10.9 Å². The average molecular weight is 454 g/mol. The van der Waals surface area contributed by atoms with Gasteiger partial charge in [0.2, 0.25) is 5.91 Å². The lowest BCUT2D eigenvalue weighted by Crippen LogP contribution is -2.53. The molecule has 1 aromatic carbocycles. The first kappa shape index (κ1) is 20.8. The Labute approximate surface area is 198 Å². The van der Waals surface area contributed by atoms with Crippen LogP contribution in [0.25, 0.3) is 16.9 Å². The predicted molar refractivity (Wildman–Crippen MR) is 129 cm³/mol. The number of aromatic nitrogens is 5. The molecule has 0 atom stereocenters. The third-order valence-electron chi connectivity index (χ3n) is 7.19. The number of amides is 1. The zero-order valence-electron chi connectivity index (χ0n) is 19.0. The van der Waals surface area contributed by atoms with Gasteiger partial charge < -0.3 is 9.80 Å². The van der Waals surface area contributed by atoms with Gasteiger partial charge in [0.05, 0.1) is 34.9 Å². The Balaban J connectivity index is 1.15. The summed E-state index contributed by atoms with van der Waals surface area (Å²) in [6.07, 6.45) is 9.15. The smallest absolute Gasteiger partial charge is 0.229 e. The molecule has 3 aromatic heterocycles. The van der Waals surface area contributed by atoms with Gasteiger partial charge in [-0.2, -0.15) is 5.10 Å². The van der Waals surface area contributed by atoms with Gasteiger partial charge in [0.1, 0.15) is 5.82 Å². The largest absolute Gasteiger partial charge is 0.355 e. The number of pyridine rings is 1. The molecule has 2 saturated heterocycles. The van der Waals surface area contributed by atoms with E-state index < -0.39 is 0 Å². The SMILES string of the molecule is O=C1N(Cc2cccc(-n3cccn3)n2)CCCC12CCN(c1cnc3ccccc3n1)CC2. The number of hydrogen-bond donors (Lipinski definition) is 0. The number of benzene rings is 1. The molecule has 4 aromatic rings. The predicted octanol–water partition coefficient (Wildman–Crippen LogP) is 3.62. The number of hydrogen-bond acceptors (Lipinski definition) is 6. The van der Waals surface area contributed by atoms with Crippen LogP contribution in [0.1, 0.15) is 31.4 Å². The van der Waals surface area contributed by atoms with Gasteiger partial charge in [-0.3, -0.25) is 9.78 Å². The first-order chi connectivity index (χ1) is 16.7. The first-order valence-corrected chi connectivity index (χ1v) is 11.9. The van der Waals surface area contributed by atoms with Gasteiger partial charge in [-0.25, -0.2) is 14.6 Å². The Morgan fingerprint density at radius 3 is 2.53 bits per heavy atom. The monoisotopic (exact) mass is 453 g/mol. The van der Waals surface area contributed by atoms with Crippen LogP contribution in [-0.2, 0) is 11.3 Å². The molecule has 0 aliphatic carbocycles. The molecule has 2 fully saturated rings. The Bertz CT molecular complexity index is 1310. The van der Waals surface area contributed by atoms with Crippen LogP contribution in [0.5, 0.6) is 0 Å². The minimum absolute atomic E-state index is 0.272. The highest BCUT2D eigenvalue weighted by Gasteiger charge is 2.45. The van der Waals surface area contributed by atoms with Crippen molar-refractivity contribution in [2.45, 2.75) is 32.2 Å². The molecule has 1 spiro atoms. The van der Waals surface area contributed by atoms with Gasteiger partial charge in [-0.1, -0.05) is 18.2 Å². The molecule has 2 aliphatic rings. The molecule has 0 N–H and O–H groups in total. The van der Waals surface area contributed by atoms with Crippen molar-refractivity contribution in [1.82, 2.24) is 29.6 Å². The summed E-state index contributed by atoms with van der Waals surface area (Å²) in [6, 6.07) is 15.7. The van der Waals surface area contributed by atoms with Crippen LogP contribution in [0.15, 0.2) is 67.1 Å². The van der Waals surface area contributed by atoms with Crippen molar-refractivity contribution in [3.05, 3.63) is 72.8 Å². The van der Waals surface area contributed by atoms with Crippen molar-refractivity contribution in [3.8, 4) is 5.82 Å². The molecule has 0 bridgehead atoms. The maximum atomic E-state index is 13.7. The highest BCUT2D eigenvalue weighted by atomic mass is 16.2. The maximum Gasteiger partial charge on any atom is 0.229 e. The second-order valence-corrected chi connectivity index (χ2v) is 9.25. The second-order valence-electron chi connectivity index (χ2n) is 9.25. The standard InChI is InChI=1S/C26H27N7O/c34-25-26(11-16-31(17-12-26)24-18-27-21-7-1-2-8-22(21)30-24)10-4-14-32(25)19-20-6-3-9-23(29-20)33-15-5-13-28-33/h1-3,5-9,13,15,18H,4,10-12,14,16-17,19H2. The highest BCUT2D eigenvalue weighted by Crippen LogP contribution is 2.42. The molecular weight excluding hydrogens is 426 g/mol. The van der Waals surface area contributed by atoms with E-state index in [9.17, 15) is 4.79 Å². The zero-order valence-corrected chi connectivity index (χ0v) is 19.0. The quantitative estimate of drug-likeness (QED) is 0.470. The number of carbonyl (C=O) groups is 1. The number of piperidine rings is 2. The van der Waals surface area contributed by atoms with Crippen LogP contribution in [0.2, 0.25) is 0 Å². The summed E-state index contributed by atoms with van der Waals surface area (Å²) in [5.41, 5.74) is 2.42. The molecule has 0 radical (unpaired) electrons. The van der Waals surface area contributed by atoms with Gasteiger partial charge in [-0.15, -0.1) is 0 Å². The number of rotatable bonds is 4. The van der Waals surface area contributed by atoms with Crippen molar-refractivity contribution in [2.75, 3.05) is 24.5 Å². The van der Waals surface area contributed by atoms with Crippen LogP contribution in [0, 0.1) is 5.41 Å². The molecule has 172 valence electrons. The lowest BCUT2D eigenvalue weighted by molar-refractivity contribution is -0.148. The van der Waals surface area contributed by atoms with E-state index in [1.807, 2.05) is 65.8 Å². The fraction of sp³-hybridized carbons (Fsp3) is 0.346. The molecule has 8 heteroatoms. The van der Waals surface area contributed by atoms with Crippen LogP contribution in [0.3, 0.4) is 0 Å². The molecule has 6 rings (SSSR count). The van der Waals surface area contributed by atoms with Gasteiger partial charge in [0.25, 0.3) is 0 Å². The summed E-state index contributed by atoms with van der Waals surface area (Å²) in [5.74, 6) is 1.94. The van der Waals surface area contributed by atoms with E-state index in [0.29, 0.717) is 6.54 Å². The Morgan fingerprint density at radius 2 is 1.71 bits per heavy atom. The number of fused-ring (bicyclic) bond motifs is 1. The summed E-state index contributed by atoms with van der Waals surface area (Å²) in [4.78, 5) is 32.1. The van der Waals surface area contributed by atoms with Crippen LogP contribution in [-0.4, -0.2) is 55.2 Å². The summed E-state index contributed by atoms with van der Waals surface area (Å²) < 4.78 is 1.74. The molecule has 0 unspecified atom stereocenters. The summed E-state index contributed by atoms with van der Waals surface area (Å²) in [6.45, 7) is 2.96. The van der Waals surface area contributed by atoms with E-state index in [1.165, 1.54) is 0 Å².